The number of benzene rings is 11. The molecule has 0 unspecified atom stereocenters. The first-order chi connectivity index (χ1) is 66.1. The van der Waals surface area contributed by atoms with Crippen molar-refractivity contribution in [2.24, 2.45) is 28.9 Å². The van der Waals surface area contributed by atoms with Crippen molar-refractivity contribution in [3.8, 4) is 6.07 Å². The number of rotatable bonds is 29. The number of esters is 2. The van der Waals surface area contributed by atoms with Crippen LogP contribution in [0, 0.1) is 11.3 Å². The SMILES string of the molecule is C.CC(=O)O.CC(C)(C)OC(=O)NCc1ccc(CCN)cc1.CC(C)(C)OC(=O)NCc1ccc(CCNC(=O)c2ccccc2C=O)cc1.CCO.N#Cc1ccc(CCNC(=O)c2ccccc2C=O)cc1.NCCc1ccc(Br)cc1.NCc1ccc(CCNC(=O)c2ccccc2C=O)cc1.NN.O.O=C1OC(=O)c2ccccc21.O=Cc1ccccc1C(=O)NCCc1ccc(Br)cc1. The first kappa shape index (κ1) is 123. The molecule has 1 heterocycles. The Balaban J connectivity index is 0.000000816. The Labute approximate surface area is 835 Å². The molecule has 0 radical (unpaired) electrons. The van der Waals surface area contributed by atoms with E-state index in [1.165, 1.54) is 11.1 Å². The van der Waals surface area contributed by atoms with Crippen molar-refractivity contribution >= 4 is 111 Å². The van der Waals surface area contributed by atoms with Gasteiger partial charge in [0.15, 0.2) is 25.1 Å². The number of aldehydes is 4. The number of hydrogen-bond donors (Lipinski definition) is 13. The van der Waals surface area contributed by atoms with Gasteiger partial charge in [-0.1, -0.05) is 233 Å². The van der Waals surface area contributed by atoms with E-state index in [-0.39, 0.29) is 43.1 Å². The average Bonchev–Trinajstić information content (AvgIpc) is 1.67. The number of nitrogens with zero attached hydrogens (tertiary/aromatic N) is 1. The molecule has 12 rings (SSSR count). The van der Waals surface area contributed by atoms with Gasteiger partial charge >= 0.3 is 24.1 Å². The van der Waals surface area contributed by atoms with Gasteiger partial charge < -0.3 is 79.0 Å². The van der Waals surface area contributed by atoms with Gasteiger partial charge in [0.1, 0.15) is 11.2 Å². The lowest BCUT2D eigenvalue weighted by Crippen LogP contribution is -2.32. The van der Waals surface area contributed by atoms with Crippen molar-refractivity contribution in [3.63, 3.8) is 0 Å². The van der Waals surface area contributed by atoms with Crippen LogP contribution in [0.15, 0.2) is 276 Å². The highest BCUT2D eigenvalue weighted by Gasteiger charge is 2.28. The molecular formula is C107H128Br2N12O19. The minimum atomic E-state index is -0.833. The third kappa shape index (κ3) is 50.9. The molecule has 744 valence electrons. The lowest BCUT2D eigenvalue weighted by atomic mass is 10.1. The highest BCUT2D eigenvalue weighted by molar-refractivity contribution is 9.10. The molecule has 6 amide bonds. The van der Waals surface area contributed by atoms with E-state index < -0.39 is 41.3 Å². The summed E-state index contributed by atoms with van der Waals surface area (Å²) >= 11 is 6.75. The van der Waals surface area contributed by atoms with Gasteiger partial charge in [0, 0.05) is 113 Å². The zero-order chi connectivity index (χ0) is 102. The van der Waals surface area contributed by atoms with Crippen molar-refractivity contribution in [1.82, 2.24) is 31.9 Å². The van der Waals surface area contributed by atoms with E-state index in [4.69, 9.17) is 46.9 Å². The number of carboxylic acid groups (broad SMARTS) is 1. The maximum absolute atomic E-state index is 12.2. The normalized spacial score (nSPS) is 10.2. The maximum atomic E-state index is 12.2. The summed E-state index contributed by atoms with van der Waals surface area (Å²) in [6, 6.07) is 82.7. The summed E-state index contributed by atoms with van der Waals surface area (Å²) in [5.74, 6) is 5.10. The van der Waals surface area contributed by atoms with Gasteiger partial charge in [-0.2, -0.15) is 5.26 Å². The van der Waals surface area contributed by atoms with Gasteiger partial charge in [0.05, 0.1) is 22.8 Å². The molecule has 11 aromatic rings. The highest BCUT2D eigenvalue weighted by atomic mass is 79.9. The summed E-state index contributed by atoms with van der Waals surface area (Å²) in [6.07, 6.45) is 6.56. The number of nitriles is 1. The smallest absolute Gasteiger partial charge is 0.407 e. The first-order valence-electron chi connectivity index (χ1n) is 43.7. The number of ether oxygens (including phenoxy) is 3. The number of aliphatic hydroxyl groups is 1. The van der Waals surface area contributed by atoms with E-state index in [9.17, 15) is 57.5 Å². The number of carboxylic acids is 1. The summed E-state index contributed by atoms with van der Waals surface area (Å²) < 4.78 is 16.9. The van der Waals surface area contributed by atoms with Crippen LogP contribution in [0.4, 0.5) is 9.59 Å². The van der Waals surface area contributed by atoms with E-state index in [1.807, 2.05) is 163 Å². The summed E-state index contributed by atoms with van der Waals surface area (Å²) in [7, 11) is 0. The van der Waals surface area contributed by atoms with Crippen molar-refractivity contribution in [1.29, 1.82) is 5.26 Å². The second-order valence-electron chi connectivity index (χ2n) is 31.4. The van der Waals surface area contributed by atoms with Gasteiger partial charge in [0.25, 0.3) is 29.6 Å². The first-order valence-corrected chi connectivity index (χ1v) is 45.3. The minimum Gasteiger partial charge on any atom is -0.481 e. The predicted molar refractivity (Wildman–Crippen MR) is 551 cm³/mol. The predicted octanol–water partition coefficient (Wildman–Crippen LogP) is 14.9. The van der Waals surface area contributed by atoms with Crippen LogP contribution in [0.3, 0.4) is 0 Å². The van der Waals surface area contributed by atoms with E-state index in [0.29, 0.717) is 152 Å². The molecule has 11 aromatic carbocycles. The number of fused-ring (bicyclic) bond motifs is 1. The van der Waals surface area contributed by atoms with E-state index in [0.717, 1.165) is 87.0 Å². The van der Waals surface area contributed by atoms with Crippen LogP contribution in [-0.4, -0.2) is 152 Å². The van der Waals surface area contributed by atoms with Crippen LogP contribution in [0.25, 0.3) is 0 Å². The Bertz CT molecular complexity index is 5640. The molecule has 0 fully saturated rings. The molecule has 0 saturated heterocycles. The van der Waals surface area contributed by atoms with E-state index in [1.54, 1.807) is 140 Å². The number of halogens is 2. The van der Waals surface area contributed by atoms with Crippen molar-refractivity contribution in [2.75, 3.05) is 45.9 Å². The van der Waals surface area contributed by atoms with Crippen LogP contribution in [-0.2, 0) is 77.2 Å². The Morgan fingerprint density at radius 1 is 0.386 bits per heavy atom. The molecule has 0 spiro atoms. The second-order valence-corrected chi connectivity index (χ2v) is 33.2. The monoisotopic (exact) mass is 2040 g/mol. The molecular weight excluding hydrogens is 1920 g/mol. The lowest BCUT2D eigenvalue weighted by Gasteiger charge is -2.19. The van der Waals surface area contributed by atoms with E-state index in [2.05, 4.69) is 98.4 Å². The van der Waals surface area contributed by atoms with Crippen LogP contribution in [0.1, 0.15) is 222 Å². The number of nitrogens with one attached hydrogen (secondary N) is 6. The largest absolute Gasteiger partial charge is 0.481 e. The average molecular weight is 2050 g/mol. The number of alkyl carbamates (subject to hydrolysis) is 2. The molecule has 0 saturated carbocycles. The maximum Gasteiger partial charge on any atom is 0.407 e. The number of hydrogen-bond acceptors (Lipinski definition) is 23. The minimum absolute atomic E-state index is 0. The van der Waals surface area contributed by atoms with Gasteiger partial charge in [0.2, 0.25) is 0 Å². The van der Waals surface area contributed by atoms with Gasteiger partial charge in [-0.25, -0.2) is 19.2 Å². The van der Waals surface area contributed by atoms with Crippen molar-refractivity contribution in [3.05, 3.63) is 387 Å². The molecule has 1 aliphatic heterocycles. The molecule has 1 aliphatic rings. The van der Waals surface area contributed by atoms with Crippen LogP contribution < -0.4 is 60.8 Å². The Morgan fingerprint density at radius 3 is 0.843 bits per heavy atom. The highest BCUT2D eigenvalue weighted by Crippen LogP contribution is 2.20. The molecule has 140 heavy (non-hydrogen) atoms. The van der Waals surface area contributed by atoms with Crippen LogP contribution >= 0.6 is 31.9 Å². The number of cyclic esters (lactones) is 2. The van der Waals surface area contributed by atoms with Crippen LogP contribution in [0.2, 0.25) is 0 Å². The Morgan fingerprint density at radius 2 is 0.607 bits per heavy atom. The molecule has 0 aromatic heterocycles. The fraction of sp³-hybridized carbons (Fsp3) is 0.252. The summed E-state index contributed by atoms with van der Waals surface area (Å²) in [4.78, 5) is 146. The second kappa shape index (κ2) is 70.0. The zero-order valence-corrected chi connectivity index (χ0v) is 82.2. The summed E-state index contributed by atoms with van der Waals surface area (Å²) in [6.45, 7) is 18.7. The van der Waals surface area contributed by atoms with Gasteiger partial charge in [-0.3, -0.25) is 54.8 Å². The fourth-order valence-electron chi connectivity index (χ4n) is 11.8. The third-order valence-electron chi connectivity index (χ3n) is 18.4. The van der Waals surface area contributed by atoms with E-state index >= 15 is 0 Å². The number of hydrazine groups is 1. The third-order valence-corrected chi connectivity index (χ3v) is 19.5. The molecule has 0 bridgehead atoms. The number of aliphatic carboxylic acids is 1. The molecule has 33 heteroatoms. The quantitative estimate of drug-likeness (QED) is 0.00517. The summed E-state index contributed by atoms with van der Waals surface area (Å²) in [5.41, 5.74) is 29.9. The molecule has 0 aliphatic carbocycles. The van der Waals surface area contributed by atoms with Crippen molar-refractivity contribution < 1.29 is 92.2 Å². The number of nitrogens with two attached hydrogens (primary N) is 5. The van der Waals surface area contributed by atoms with Crippen molar-refractivity contribution in [2.45, 2.75) is 132 Å². The van der Waals surface area contributed by atoms with Gasteiger partial charge in [-0.15, -0.1) is 0 Å². The summed E-state index contributed by atoms with van der Waals surface area (Å²) in [5, 5.41) is 40.4. The number of carbonyl (C=O) groups is 13. The standard InChI is InChI=1S/C22H26N2O4.C17H18N2O2.C17H14N2O2.C16H14BrNO2.C14H22N2O2.C8H10BrN.C8H4O3.C2H4O2.C2H6O.CH4.H4N2.H2O/c1-22(2,3)28-21(27)24-14-17-10-8-16(9-11-17)12-13-23-20(26)19-7-5-4-6-18(19)15-25;2*18-11-14-7-5-13(6-8-14)9-10-19-17(21)16-4-2-1-3-15(16)12-20;17-14-7-5-12(6-8-14)9-10-18-16(20)15-4-2-1-3-13(15)11-19;1-14(2,3)18-13(17)16-10-12-6-4-11(5-7-12)8-9-15;9-8-3-1-7(2-4-8)5-6-10;9-7-5-3-1-2-4-6(5)8(10)11-7;1-2(3)4;1-2-3;;1-2;/h4-11,15H,12-14H2,1-3H3,(H,23,26)(H,24,27);1-8,12H,9-11,18H2,(H,19,21);1-8,12H,9-10H2,(H,19,21);1-8,11H,9-10H2,(H,18,20);4-7H,8-10,15H2,1-3H3,(H,16,17);1-4H,5-6,10H2;1-4H;1H3,(H,3,4);3H,2H2,1H3;1H4;1-2H2;1H2. The number of carbonyl (C=O) groups excluding carboxylic acids is 12. The Hall–Kier alpha value is -14.7. The fourth-order valence-corrected chi connectivity index (χ4v) is 12.3. The topological polar surface area (TPSA) is 548 Å². The Kier molecular flexibility index (Phi) is 61.7. The molecule has 31 nitrogen and oxygen atoms in total. The number of aliphatic hydroxyl groups excluding tert-OH is 1. The van der Waals surface area contributed by atoms with Gasteiger partial charge in [-0.05, 0) is 223 Å². The van der Waals surface area contributed by atoms with Crippen LogP contribution in [0.5, 0.6) is 0 Å². The lowest BCUT2D eigenvalue weighted by molar-refractivity contribution is -0.134. The molecule has 0 atom stereocenters. The molecule has 20 N–H and O–H groups in total. The number of amides is 6. The zero-order valence-electron chi connectivity index (χ0n) is 79.0.